The smallest absolute Gasteiger partial charge is 0.356 e. The Hall–Kier alpha value is -0.790. The largest absolute Gasteiger partial charge is 0.466 e. The van der Waals surface area contributed by atoms with Crippen molar-refractivity contribution in [2.75, 3.05) is 19.5 Å². The van der Waals surface area contributed by atoms with Crippen LogP contribution in [0, 0.1) is 0 Å². The predicted octanol–water partition coefficient (Wildman–Crippen LogP) is -0.223. The maximum Gasteiger partial charge on any atom is 0.356 e. The van der Waals surface area contributed by atoms with Gasteiger partial charge in [-0.15, -0.1) is 0 Å². The molecule has 1 rings (SSSR count). The maximum absolute atomic E-state index is 12.2. The molecule has 0 spiro atoms. The lowest BCUT2D eigenvalue weighted by atomic mass is 10.3. The van der Waals surface area contributed by atoms with Crippen LogP contribution in [-0.4, -0.2) is 40.4 Å². The minimum Gasteiger partial charge on any atom is -0.466 e. The van der Waals surface area contributed by atoms with Gasteiger partial charge in [0.05, 0.1) is 28.0 Å². The standard InChI is InChI=1S/C9H12O5S2/c1-7(10)6-16(12,15)9(8(11)13-2)4-3-5-14-9/h3-4H,5-6H2,1-2H3. The molecule has 90 valence electrons. The maximum atomic E-state index is 12.2. The van der Waals surface area contributed by atoms with Crippen LogP contribution >= 0.6 is 0 Å². The number of ether oxygens (including phenoxy) is 2. The summed E-state index contributed by atoms with van der Waals surface area (Å²) in [5.74, 6) is -1.57. The Balaban J connectivity index is 3.18. The second-order valence-electron chi connectivity index (χ2n) is 3.33. The molecule has 0 saturated heterocycles. The first-order chi connectivity index (χ1) is 7.35. The summed E-state index contributed by atoms with van der Waals surface area (Å²) in [5, 5.41) is 0. The molecule has 2 atom stereocenters. The van der Waals surface area contributed by atoms with Crippen molar-refractivity contribution in [3.63, 3.8) is 0 Å². The van der Waals surface area contributed by atoms with Crippen LogP contribution in [0.25, 0.3) is 0 Å². The molecule has 0 aromatic rings. The Labute approximate surface area is 98.5 Å². The van der Waals surface area contributed by atoms with E-state index in [1.165, 1.54) is 19.1 Å². The zero-order valence-corrected chi connectivity index (χ0v) is 10.6. The van der Waals surface area contributed by atoms with E-state index in [1.54, 1.807) is 0 Å². The van der Waals surface area contributed by atoms with Crippen molar-refractivity contribution in [3.8, 4) is 0 Å². The number of carbonyl (C=O) groups is 2. The van der Waals surface area contributed by atoms with E-state index in [2.05, 4.69) is 4.74 Å². The van der Waals surface area contributed by atoms with Crippen molar-refractivity contribution in [2.45, 2.75) is 11.9 Å². The quantitative estimate of drug-likeness (QED) is 0.516. The first-order valence-electron chi connectivity index (χ1n) is 4.47. The molecule has 1 heterocycles. The van der Waals surface area contributed by atoms with Gasteiger partial charge in [-0.3, -0.25) is 9.00 Å². The Morgan fingerprint density at radius 2 is 2.25 bits per heavy atom. The highest BCUT2D eigenvalue weighted by atomic mass is 32.8. The van der Waals surface area contributed by atoms with Gasteiger partial charge >= 0.3 is 5.97 Å². The average Bonchev–Trinajstić information content (AvgIpc) is 2.64. The SMILES string of the molecule is COC(=O)C1(S(=O)(=S)CC(C)=O)C=CCO1. The van der Waals surface area contributed by atoms with Gasteiger partial charge in [-0.2, -0.15) is 0 Å². The van der Waals surface area contributed by atoms with Gasteiger partial charge in [-0.05, 0) is 24.2 Å². The molecule has 7 heteroatoms. The fourth-order valence-electron chi connectivity index (χ4n) is 1.39. The summed E-state index contributed by atoms with van der Waals surface area (Å²) in [6, 6.07) is 0. The number of hydrogen-bond donors (Lipinski definition) is 0. The molecule has 0 bridgehead atoms. The topological polar surface area (TPSA) is 69.7 Å². The number of rotatable bonds is 4. The summed E-state index contributed by atoms with van der Waals surface area (Å²) in [6.07, 6.45) is 2.85. The van der Waals surface area contributed by atoms with Gasteiger partial charge in [-0.25, -0.2) is 4.79 Å². The van der Waals surface area contributed by atoms with Crippen molar-refractivity contribution in [1.82, 2.24) is 0 Å². The van der Waals surface area contributed by atoms with Gasteiger partial charge in [-0.1, -0.05) is 6.08 Å². The summed E-state index contributed by atoms with van der Waals surface area (Å²) in [7, 11) is -2.08. The molecule has 2 unspecified atom stereocenters. The first-order valence-corrected chi connectivity index (χ1v) is 7.13. The molecule has 1 aliphatic heterocycles. The van der Waals surface area contributed by atoms with E-state index < -0.39 is 19.4 Å². The minimum atomic E-state index is -3.23. The zero-order valence-electron chi connectivity index (χ0n) is 8.93. The lowest BCUT2D eigenvalue weighted by molar-refractivity contribution is -0.152. The number of carbonyl (C=O) groups excluding carboxylic acids is 2. The van der Waals surface area contributed by atoms with Gasteiger partial charge in [0.2, 0.25) is 0 Å². The summed E-state index contributed by atoms with van der Waals surface area (Å²) in [4.78, 5) is 20.8. The van der Waals surface area contributed by atoms with E-state index in [4.69, 9.17) is 15.9 Å². The fraction of sp³-hybridized carbons (Fsp3) is 0.556. The number of hydrogen-bond acceptors (Lipinski definition) is 6. The lowest BCUT2D eigenvalue weighted by Crippen LogP contribution is -2.47. The minimum absolute atomic E-state index is 0.126. The van der Waals surface area contributed by atoms with Crippen molar-refractivity contribution >= 4 is 31.4 Å². The molecular formula is C9H12O5S2. The zero-order chi connectivity index (χ0) is 12.4. The van der Waals surface area contributed by atoms with Gasteiger partial charge in [0.25, 0.3) is 4.93 Å². The molecule has 0 aliphatic carbocycles. The normalized spacial score (nSPS) is 27.4. The third kappa shape index (κ3) is 2.16. The van der Waals surface area contributed by atoms with Crippen LogP contribution in [0.2, 0.25) is 0 Å². The summed E-state index contributed by atoms with van der Waals surface area (Å²) >= 11 is 4.86. The Bertz CT molecular complexity index is 437. The molecule has 0 N–H and O–H groups in total. The molecule has 16 heavy (non-hydrogen) atoms. The van der Waals surface area contributed by atoms with E-state index in [-0.39, 0.29) is 18.1 Å². The number of methoxy groups -OCH3 is 1. The molecule has 0 fully saturated rings. The molecule has 0 amide bonds. The van der Waals surface area contributed by atoms with Gasteiger partial charge in [0.1, 0.15) is 5.78 Å². The third-order valence-corrected chi connectivity index (χ3v) is 5.28. The van der Waals surface area contributed by atoms with Crippen LogP contribution in [0.3, 0.4) is 0 Å². The summed E-state index contributed by atoms with van der Waals surface area (Å²) in [5.41, 5.74) is 0. The van der Waals surface area contributed by atoms with Gasteiger partial charge in [0, 0.05) is 0 Å². The Kier molecular flexibility index (Phi) is 3.82. The van der Waals surface area contributed by atoms with E-state index in [0.29, 0.717) is 0 Å². The van der Waals surface area contributed by atoms with E-state index in [1.807, 2.05) is 0 Å². The number of esters is 1. The third-order valence-electron chi connectivity index (χ3n) is 2.06. The monoisotopic (exact) mass is 264 g/mol. The van der Waals surface area contributed by atoms with E-state index >= 15 is 0 Å². The van der Waals surface area contributed by atoms with Crippen LogP contribution in [0.5, 0.6) is 0 Å². The predicted molar refractivity (Wildman–Crippen MR) is 60.9 cm³/mol. The van der Waals surface area contributed by atoms with Gasteiger partial charge < -0.3 is 9.47 Å². The Morgan fingerprint density at radius 3 is 2.62 bits per heavy atom. The summed E-state index contributed by atoms with van der Waals surface area (Å²) < 4.78 is 21.9. The molecule has 0 saturated carbocycles. The first kappa shape index (κ1) is 13.3. The van der Waals surface area contributed by atoms with Gasteiger partial charge in [0.15, 0.2) is 0 Å². The molecule has 5 nitrogen and oxygen atoms in total. The average molecular weight is 264 g/mol. The van der Waals surface area contributed by atoms with Crippen LogP contribution in [0.1, 0.15) is 6.92 Å². The second kappa shape index (κ2) is 4.60. The van der Waals surface area contributed by atoms with Crippen molar-refractivity contribution < 1.29 is 23.3 Å². The van der Waals surface area contributed by atoms with Crippen molar-refractivity contribution in [1.29, 1.82) is 0 Å². The Morgan fingerprint density at radius 1 is 1.62 bits per heavy atom. The molecular weight excluding hydrogens is 252 g/mol. The number of ketones is 1. The summed E-state index contributed by atoms with van der Waals surface area (Å²) in [6.45, 7) is 1.39. The highest BCUT2D eigenvalue weighted by Crippen LogP contribution is 2.28. The second-order valence-corrected chi connectivity index (χ2v) is 7.07. The lowest BCUT2D eigenvalue weighted by Gasteiger charge is -2.25. The van der Waals surface area contributed by atoms with Crippen LogP contribution in [0.15, 0.2) is 12.2 Å². The van der Waals surface area contributed by atoms with Crippen molar-refractivity contribution in [2.24, 2.45) is 0 Å². The van der Waals surface area contributed by atoms with Crippen LogP contribution < -0.4 is 0 Å². The molecule has 0 aromatic heterocycles. The van der Waals surface area contributed by atoms with E-state index in [0.717, 1.165) is 7.11 Å². The number of Topliss-reactive ketones (excluding diaryl/α,β-unsaturated/α-hetero) is 1. The molecule has 0 radical (unpaired) electrons. The highest BCUT2D eigenvalue weighted by Gasteiger charge is 2.50. The molecule has 0 aromatic carbocycles. The van der Waals surface area contributed by atoms with E-state index in [9.17, 15) is 13.8 Å². The fourth-order valence-corrected chi connectivity index (χ4v) is 4.04. The van der Waals surface area contributed by atoms with Crippen molar-refractivity contribution in [3.05, 3.63) is 12.2 Å². The van der Waals surface area contributed by atoms with Crippen LogP contribution in [0.4, 0.5) is 0 Å². The highest BCUT2D eigenvalue weighted by molar-refractivity contribution is 8.34. The van der Waals surface area contributed by atoms with Crippen LogP contribution in [-0.2, 0) is 38.7 Å². The molecule has 1 aliphatic rings.